The summed E-state index contributed by atoms with van der Waals surface area (Å²) >= 11 is 1.89. The maximum absolute atomic E-state index is 14.2. The number of carbonyl (C=O) groups is 5. The van der Waals surface area contributed by atoms with E-state index < -0.39 is 30.1 Å². The maximum atomic E-state index is 14.2. The summed E-state index contributed by atoms with van der Waals surface area (Å²) < 4.78 is 29.6. The SMILES string of the molecule is COc1c(C)c(OC)c2c(c1O)[C@H]1[C@@H]3Cc4c(OC)c(C)c(OC)c(O)c4[C@H](CNC(=O)c4ccc5cc(OCCCCNC(=O)CCCCCNC(=O)CCCCCNC(=O)CCCC[C@@H]6SC[C@@H]7NC(=O)N[C@@H]76)ccc5n4)N3[C@@H](C#N)[C@H](C2)N1C. The number of nitrogens with one attached hydrogen (secondary N) is 6. The molecular weight excluding hydrogens is 1130 g/mol. The van der Waals surface area contributed by atoms with Gasteiger partial charge in [0.25, 0.3) is 5.91 Å². The lowest BCUT2D eigenvalue weighted by atomic mass is 9.71. The van der Waals surface area contributed by atoms with Crippen LogP contribution in [-0.4, -0.2) is 164 Å². The van der Waals surface area contributed by atoms with Crippen molar-refractivity contribution in [3.63, 3.8) is 0 Å². The van der Waals surface area contributed by atoms with Crippen molar-refractivity contribution in [2.45, 2.75) is 164 Å². The summed E-state index contributed by atoms with van der Waals surface area (Å²) in [5.74, 6) is 2.80. The van der Waals surface area contributed by atoms with Gasteiger partial charge in [-0.3, -0.25) is 29.0 Å². The molecule has 6 heterocycles. The number of phenolic OH excluding ortho intramolecular Hbond substituents is 2. The fourth-order valence-electron chi connectivity index (χ4n) is 13.8. The average Bonchev–Trinajstić information content (AvgIpc) is 1.29. The molecule has 470 valence electrons. The third kappa shape index (κ3) is 14.1. The topological polar surface area (TPSA) is 287 Å². The second-order valence-corrected chi connectivity index (χ2v) is 24.7. The number of nitrogens with zero attached hydrogens (tertiary/aromatic N) is 4. The van der Waals surface area contributed by atoms with Crippen molar-refractivity contribution in [3.8, 4) is 46.3 Å². The normalized spacial score (nSPS) is 21.7. The Hall–Kier alpha value is -7.42. The summed E-state index contributed by atoms with van der Waals surface area (Å²) in [6.07, 6.45) is 11.2. The van der Waals surface area contributed by atoms with Crippen LogP contribution in [0.15, 0.2) is 30.3 Å². The summed E-state index contributed by atoms with van der Waals surface area (Å²) in [5, 5.41) is 54.5. The van der Waals surface area contributed by atoms with E-state index in [9.17, 15) is 39.4 Å². The smallest absolute Gasteiger partial charge is 0.315 e. The summed E-state index contributed by atoms with van der Waals surface area (Å²) in [6, 6.07) is 9.12. The molecule has 5 aliphatic rings. The molecule has 3 fully saturated rings. The van der Waals surface area contributed by atoms with Crippen molar-refractivity contribution in [2.24, 2.45) is 0 Å². The molecule has 4 aromatic rings. The first kappa shape index (κ1) is 64.1. The number of fused-ring (bicyclic) bond motifs is 9. The first-order valence-electron chi connectivity index (χ1n) is 30.7. The van der Waals surface area contributed by atoms with E-state index in [1.807, 2.05) is 50.9 Å². The first-order chi connectivity index (χ1) is 42.1. The van der Waals surface area contributed by atoms with Gasteiger partial charge in [0.2, 0.25) is 17.7 Å². The molecule has 87 heavy (non-hydrogen) atoms. The van der Waals surface area contributed by atoms with Gasteiger partial charge in [-0.1, -0.05) is 25.3 Å². The zero-order valence-corrected chi connectivity index (χ0v) is 52.1. The molecule has 0 radical (unpaired) electrons. The number of rotatable bonds is 30. The van der Waals surface area contributed by atoms with Crippen LogP contribution >= 0.6 is 11.8 Å². The van der Waals surface area contributed by atoms with Gasteiger partial charge in [-0.25, -0.2) is 9.78 Å². The number of benzene rings is 3. The zero-order chi connectivity index (χ0) is 61.9. The molecule has 22 nitrogen and oxygen atoms in total. The van der Waals surface area contributed by atoms with E-state index in [-0.39, 0.29) is 71.4 Å². The maximum Gasteiger partial charge on any atom is 0.315 e. The van der Waals surface area contributed by atoms with Crippen molar-refractivity contribution in [2.75, 3.05) is 74.0 Å². The molecule has 23 heteroatoms. The van der Waals surface area contributed by atoms with Gasteiger partial charge in [-0.15, -0.1) is 0 Å². The lowest BCUT2D eigenvalue weighted by Gasteiger charge is -2.60. The standard InChI is InChI=1S/C64H86N10O12S/c1-36-59(82-4)40-32-46-56-54-41(60(83-5)37(2)62(85-7)58(54)79)31-45(73(56)3)47(33-65)74(46)48(53(40)57(78)61(36)84-6)34-69-63(80)43-24-22-38-30-39(23-25-42(38)70-43)86-29-17-16-28-68-51(76)20-11-9-14-26-66-50(75)19-10-8-15-27-67-52(77)21-13-12-18-49-55-44(35-87-49)71-64(81)72-55/h22-25,30,44-49,55-56,78-79H,8-21,26-29,31-32,34-35H2,1-7H3,(H,66,75)(H,67,77)(H,68,76)(H,69,80)(H2,71,72,81)/t44-,45-,46-,47-,48-,49-,55-,56+/m0/s1. The number of methoxy groups -OCH3 is 4. The van der Waals surface area contributed by atoms with E-state index in [0.717, 1.165) is 87.3 Å². The third-order valence-corrected chi connectivity index (χ3v) is 19.6. The number of ether oxygens (including phenoxy) is 5. The van der Waals surface area contributed by atoms with Crippen LogP contribution in [0.4, 0.5) is 4.79 Å². The van der Waals surface area contributed by atoms with Gasteiger partial charge in [-0.05, 0) is 109 Å². The van der Waals surface area contributed by atoms with Crippen LogP contribution in [0.5, 0.6) is 40.2 Å². The van der Waals surface area contributed by atoms with E-state index in [4.69, 9.17) is 28.7 Å². The molecule has 5 aliphatic heterocycles. The Morgan fingerprint density at radius 1 is 0.713 bits per heavy atom. The fraction of sp³-hybridized carbons (Fsp3) is 0.578. The number of thioether (sulfide) groups is 1. The molecule has 8 N–H and O–H groups in total. The number of piperazine rings is 1. The average molecular weight is 1220 g/mol. The number of carbonyl (C=O) groups excluding carboxylic acids is 5. The van der Waals surface area contributed by atoms with Crippen molar-refractivity contribution >= 4 is 52.3 Å². The number of hydrogen-bond donors (Lipinski definition) is 8. The minimum Gasteiger partial charge on any atom is -0.504 e. The quantitative estimate of drug-likeness (QED) is 0.0196. The van der Waals surface area contributed by atoms with Crippen LogP contribution in [0.2, 0.25) is 0 Å². The molecule has 0 unspecified atom stereocenters. The molecule has 1 aromatic heterocycles. The lowest BCUT2D eigenvalue weighted by Crippen LogP contribution is -2.68. The molecule has 9 rings (SSSR count). The van der Waals surface area contributed by atoms with Crippen LogP contribution < -0.4 is 55.6 Å². The zero-order valence-electron chi connectivity index (χ0n) is 51.2. The van der Waals surface area contributed by atoms with Gasteiger partial charge in [0.15, 0.2) is 23.0 Å². The number of urea groups is 1. The second-order valence-electron chi connectivity index (χ2n) is 23.4. The molecular formula is C64H86N10O12S. The molecule has 0 saturated carbocycles. The number of hydrogen-bond acceptors (Lipinski definition) is 17. The minimum absolute atomic E-state index is 0.00197. The van der Waals surface area contributed by atoms with Crippen molar-refractivity contribution in [1.82, 2.24) is 46.7 Å². The Morgan fingerprint density at radius 3 is 1.90 bits per heavy atom. The van der Waals surface area contributed by atoms with Crippen molar-refractivity contribution < 1.29 is 57.9 Å². The summed E-state index contributed by atoms with van der Waals surface area (Å²) in [7, 11) is 8.11. The molecule has 8 atom stereocenters. The van der Waals surface area contributed by atoms with Gasteiger partial charge in [0.05, 0.1) is 70.8 Å². The Morgan fingerprint density at radius 2 is 1.29 bits per heavy atom. The van der Waals surface area contributed by atoms with Gasteiger partial charge >= 0.3 is 6.03 Å². The molecule has 6 amide bonds. The Bertz CT molecular complexity index is 3210. The number of pyridine rings is 1. The van der Waals surface area contributed by atoms with Crippen LogP contribution in [0.1, 0.15) is 146 Å². The number of unbranched alkanes of at least 4 members (excludes halogenated alkanes) is 6. The van der Waals surface area contributed by atoms with Crippen molar-refractivity contribution in [3.05, 3.63) is 69.4 Å². The first-order valence-corrected chi connectivity index (χ1v) is 31.8. The van der Waals surface area contributed by atoms with E-state index in [0.29, 0.717) is 120 Å². The van der Waals surface area contributed by atoms with E-state index in [1.165, 1.54) is 14.2 Å². The minimum atomic E-state index is -0.753. The number of likely N-dealkylation sites (N-methyl/N-ethyl adjacent to an activating group) is 1. The van der Waals surface area contributed by atoms with Gasteiger partial charge in [0.1, 0.15) is 29.0 Å². The molecule has 3 aromatic carbocycles. The summed E-state index contributed by atoms with van der Waals surface area (Å²) in [6.45, 7) is 5.81. The number of amides is 6. The number of aromatic hydroxyl groups is 2. The molecule has 0 aliphatic carbocycles. The van der Waals surface area contributed by atoms with Crippen LogP contribution in [0.25, 0.3) is 10.9 Å². The predicted molar refractivity (Wildman–Crippen MR) is 330 cm³/mol. The van der Waals surface area contributed by atoms with Gasteiger partial charge in [0, 0.05) is 107 Å². The molecule has 2 bridgehead atoms. The number of nitriles is 1. The number of aromatic nitrogens is 1. The summed E-state index contributed by atoms with van der Waals surface area (Å²) in [4.78, 5) is 71.8. The fourth-order valence-corrected chi connectivity index (χ4v) is 15.4. The Labute approximate surface area is 513 Å². The second kappa shape index (κ2) is 29.5. The predicted octanol–water partition coefficient (Wildman–Crippen LogP) is 6.85. The highest BCUT2D eigenvalue weighted by Gasteiger charge is 2.57. The lowest BCUT2D eigenvalue weighted by molar-refractivity contribution is -0.122. The number of phenols is 2. The molecule has 0 spiro atoms. The van der Waals surface area contributed by atoms with E-state index in [2.05, 4.69) is 47.8 Å². The Balaban J connectivity index is 0.678. The van der Waals surface area contributed by atoms with Crippen LogP contribution in [-0.2, 0) is 27.2 Å². The van der Waals surface area contributed by atoms with Gasteiger partial charge in [-0.2, -0.15) is 17.0 Å². The van der Waals surface area contributed by atoms with Crippen LogP contribution in [0, 0.1) is 25.2 Å². The molecule has 3 saturated heterocycles. The largest absolute Gasteiger partial charge is 0.504 e. The van der Waals surface area contributed by atoms with Crippen molar-refractivity contribution in [1.29, 1.82) is 5.26 Å². The van der Waals surface area contributed by atoms with Crippen LogP contribution in [0.3, 0.4) is 0 Å². The van der Waals surface area contributed by atoms with Gasteiger partial charge < -0.3 is 65.8 Å². The highest BCUT2D eigenvalue weighted by Crippen LogP contribution is 2.59. The van der Waals surface area contributed by atoms with E-state index >= 15 is 0 Å². The van der Waals surface area contributed by atoms with E-state index in [1.54, 1.807) is 26.4 Å². The highest BCUT2D eigenvalue weighted by molar-refractivity contribution is 8.00. The highest BCUT2D eigenvalue weighted by atomic mass is 32.2. The Kier molecular flexibility index (Phi) is 21.7. The summed E-state index contributed by atoms with van der Waals surface area (Å²) in [5.41, 5.74) is 4.68. The third-order valence-electron chi connectivity index (χ3n) is 18.1. The monoisotopic (exact) mass is 1220 g/mol.